The molecule has 0 radical (unpaired) electrons. The molecule has 1 aromatic heterocycles. The van der Waals surface area contributed by atoms with Gasteiger partial charge in [-0.2, -0.15) is 0 Å². The molecule has 5 heteroatoms. The Labute approximate surface area is 123 Å². The molecule has 21 heavy (non-hydrogen) atoms. The molecular weight excluding hydrogens is 289 g/mol. The Bertz CT molecular complexity index is 872. The molecule has 3 nitrogen and oxygen atoms in total. The van der Waals surface area contributed by atoms with Crippen LogP contribution in [-0.4, -0.2) is 11.3 Å². The van der Waals surface area contributed by atoms with Gasteiger partial charge in [0.2, 0.25) is 0 Å². The third kappa shape index (κ3) is 1.86. The number of hydrogen-bond acceptors (Lipinski definition) is 4. The molecule has 0 spiro atoms. The second-order valence-corrected chi connectivity index (χ2v) is 5.62. The number of ether oxygens (including phenoxy) is 1. The fraction of sp³-hybridized carbons (Fsp3) is 0. The number of aromatic nitrogens is 1. The van der Waals surface area contributed by atoms with Crippen molar-refractivity contribution >= 4 is 17.6 Å². The molecule has 0 aliphatic carbocycles. The summed E-state index contributed by atoms with van der Waals surface area (Å²) in [4.78, 5) is 16.2. The lowest BCUT2D eigenvalue weighted by molar-refractivity contribution is 0.112. The standard InChI is InChI=1S/C16H8FNO2S/c17-9-5-6-13-11(7-9)15-16(21-14(8-19)18-15)10-3-1-2-4-12(10)20-13/h1-8H. The Hall–Kier alpha value is -2.53. The van der Waals surface area contributed by atoms with Gasteiger partial charge in [0.15, 0.2) is 11.3 Å². The van der Waals surface area contributed by atoms with Gasteiger partial charge < -0.3 is 4.74 Å². The maximum Gasteiger partial charge on any atom is 0.178 e. The predicted molar refractivity (Wildman–Crippen MR) is 78.4 cm³/mol. The Morgan fingerprint density at radius 3 is 2.76 bits per heavy atom. The molecule has 0 N–H and O–H groups in total. The predicted octanol–water partition coefficient (Wildman–Crippen LogP) is 4.53. The summed E-state index contributed by atoms with van der Waals surface area (Å²) in [5, 5.41) is 0.368. The molecule has 1 aliphatic heterocycles. The van der Waals surface area contributed by atoms with E-state index in [1.54, 1.807) is 6.07 Å². The minimum Gasteiger partial charge on any atom is -0.456 e. The van der Waals surface area contributed by atoms with Crippen LogP contribution in [0.5, 0.6) is 11.5 Å². The molecule has 0 fully saturated rings. The summed E-state index contributed by atoms with van der Waals surface area (Å²) in [6, 6.07) is 11.8. The number of benzene rings is 2. The molecular formula is C16H8FNO2S. The first kappa shape index (κ1) is 12.2. The lowest BCUT2D eigenvalue weighted by Crippen LogP contribution is -1.88. The third-order valence-electron chi connectivity index (χ3n) is 3.29. The fourth-order valence-electron chi connectivity index (χ4n) is 2.39. The van der Waals surface area contributed by atoms with Gasteiger partial charge in [-0.1, -0.05) is 12.1 Å². The molecule has 0 amide bonds. The summed E-state index contributed by atoms with van der Waals surface area (Å²) in [5.74, 6) is 0.838. The highest BCUT2D eigenvalue weighted by molar-refractivity contribution is 7.17. The highest BCUT2D eigenvalue weighted by Crippen LogP contribution is 2.48. The summed E-state index contributed by atoms with van der Waals surface area (Å²) >= 11 is 1.28. The van der Waals surface area contributed by atoms with Gasteiger partial charge in [0.25, 0.3) is 0 Å². The number of aldehydes is 1. The van der Waals surface area contributed by atoms with Gasteiger partial charge in [0.05, 0.1) is 10.6 Å². The lowest BCUT2D eigenvalue weighted by Gasteiger charge is -2.08. The first-order valence-corrected chi connectivity index (χ1v) is 7.11. The topological polar surface area (TPSA) is 39.2 Å². The number of carbonyl (C=O) groups excluding carboxylic acids is 1. The molecule has 2 aromatic carbocycles. The van der Waals surface area contributed by atoms with Crippen LogP contribution in [0.3, 0.4) is 0 Å². The first-order chi connectivity index (χ1) is 10.3. The Kier molecular flexibility index (Phi) is 2.62. The number of hydrogen-bond donors (Lipinski definition) is 0. The van der Waals surface area contributed by atoms with Crippen molar-refractivity contribution in [1.82, 2.24) is 4.98 Å². The van der Waals surface area contributed by atoms with Crippen molar-refractivity contribution in [3.05, 3.63) is 53.3 Å². The molecule has 0 saturated heterocycles. The van der Waals surface area contributed by atoms with E-state index in [9.17, 15) is 9.18 Å². The van der Waals surface area contributed by atoms with Crippen LogP contribution in [0, 0.1) is 5.82 Å². The summed E-state index contributed by atoms with van der Waals surface area (Å²) in [6.07, 6.45) is 0.710. The SMILES string of the molecule is O=Cc1nc2c(s1)-c1ccccc1Oc1ccc(F)cc1-2. The average molecular weight is 297 g/mol. The lowest BCUT2D eigenvalue weighted by atomic mass is 10.1. The smallest absolute Gasteiger partial charge is 0.178 e. The molecule has 1 aliphatic rings. The van der Waals surface area contributed by atoms with Crippen molar-refractivity contribution in [1.29, 1.82) is 0 Å². The molecule has 0 atom stereocenters. The second kappa shape index (κ2) is 4.49. The zero-order chi connectivity index (χ0) is 14.4. The number of para-hydroxylation sites is 1. The van der Waals surface area contributed by atoms with Gasteiger partial charge in [-0.15, -0.1) is 11.3 Å². The van der Waals surface area contributed by atoms with E-state index in [0.29, 0.717) is 34.1 Å². The van der Waals surface area contributed by atoms with Crippen LogP contribution < -0.4 is 4.74 Å². The van der Waals surface area contributed by atoms with E-state index >= 15 is 0 Å². The number of nitrogens with zero attached hydrogens (tertiary/aromatic N) is 1. The fourth-order valence-corrected chi connectivity index (χ4v) is 3.32. The second-order valence-electron chi connectivity index (χ2n) is 4.59. The van der Waals surface area contributed by atoms with Crippen molar-refractivity contribution in [2.75, 3.05) is 0 Å². The molecule has 2 heterocycles. The van der Waals surface area contributed by atoms with Gasteiger partial charge in [-0.3, -0.25) is 4.79 Å². The zero-order valence-electron chi connectivity index (χ0n) is 10.7. The van der Waals surface area contributed by atoms with Gasteiger partial charge >= 0.3 is 0 Å². The summed E-state index contributed by atoms with van der Waals surface area (Å²) < 4.78 is 19.5. The number of rotatable bonds is 1. The third-order valence-corrected chi connectivity index (χ3v) is 4.31. The van der Waals surface area contributed by atoms with E-state index in [2.05, 4.69) is 4.98 Å². The number of carbonyl (C=O) groups is 1. The van der Waals surface area contributed by atoms with Gasteiger partial charge in [0, 0.05) is 11.1 Å². The summed E-state index contributed by atoms with van der Waals surface area (Å²) in [6.45, 7) is 0. The van der Waals surface area contributed by atoms with Gasteiger partial charge in [-0.25, -0.2) is 9.37 Å². The number of thiazole rings is 1. The van der Waals surface area contributed by atoms with Crippen LogP contribution in [0.25, 0.3) is 21.7 Å². The van der Waals surface area contributed by atoms with E-state index < -0.39 is 0 Å². The maximum atomic E-state index is 13.6. The number of halogens is 1. The molecule has 0 unspecified atom stereocenters. The van der Waals surface area contributed by atoms with Gasteiger partial charge in [-0.05, 0) is 30.3 Å². The Morgan fingerprint density at radius 2 is 1.90 bits per heavy atom. The molecule has 4 rings (SSSR count). The van der Waals surface area contributed by atoms with E-state index in [1.165, 1.54) is 23.5 Å². The molecule has 0 bridgehead atoms. The monoisotopic (exact) mass is 297 g/mol. The summed E-state index contributed by atoms with van der Waals surface area (Å²) in [5.41, 5.74) is 2.00. The van der Waals surface area contributed by atoms with Crippen LogP contribution in [0.2, 0.25) is 0 Å². The van der Waals surface area contributed by atoms with E-state index in [4.69, 9.17) is 4.74 Å². The number of fused-ring (bicyclic) bond motifs is 5. The van der Waals surface area contributed by atoms with Crippen LogP contribution in [0.1, 0.15) is 9.80 Å². The largest absolute Gasteiger partial charge is 0.456 e. The van der Waals surface area contributed by atoms with Crippen molar-refractivity contribution in [3.8, 4) is 33.2 Å². The maximum absolute atomic E-state index is 13.6. The van der Waals surface area contributed by atoms with Crippen molar-refractivity contribution in [2.24, 2.45) is 0 Å². The van der Waals surface area contributed by atoms with E-state index in [0.717, 1.165) is 10.4 Å². The van der Waals surface area contributed by atoms with Crippen LogP contribution in [-0.2, 0) is 0 Å². The van der Waals surface area contributed by atoms with Crippen LogP contribution >= 0.6 is 11.3 Å². The first-order valence-electron chi connectivity index (χ1n) is 6.29. The van der Waals surface area contributed by atoms with Gasteiger partial charge in [0.1, 0.15) is 17.3 Å². The van der Waals surface area contributed by atoms with E-state index in [-0.39, 0.29) is 5.82 Å². The minimum atomic E-state index is -0.366. The Balaban J connectivity index is 2.10. The molecule has 0 saturated carbocycles. The van der Waals surface area contributed by atoms with Crippen LogP contribution in [0.4, 0.5) is 4.39 Å². The minimum absolute atomic E-state index is 0.366. The summed E-state index contributed by atoms with van der Waals surface area (Å²) in [7, 11) is 0. The van der Waals surface area contributed by atoms with Crippen molar-refractivity contribution < 1.29 is 13.9 Å². The highest BCUT2D eigenvalue weighted by Gasteiger charge is 2.24. The molecule has 102 valence electrons. The van der Waals surface area contributed by atoms with Crippen molar-refractivity contribution in [3.63, 3.8) is 0 Å². The quantitative estimate of drug-likeness (QED) is 0.484. The normalized spacial score (nSPS) is 11.7. The zero-order valence-corrected chi connectivity index (χ0v) is 11.5. The van der Waals surface area contributed by atoms with E-state index in [1.807, 2.05) is 24.3 Å². The highest BCUT2D eigenvalue weighted by atomic mass is 32.1. The van der Waals surface area contributed by atoms with Crippen molar-refractivity contribution in [2.45, 2.75) is 0 Å². The van der Waals surface area contributed by atoms with Crippen LogP contribution in [0.15, 0.2) is 42.5 Å². The Morgan fingerprint density at radius 1 is 1.10 bits per heavy atom. The molecule has 3 aromatic rings. The average Bonchev–Trinajstić information content (AvgIpc) is 2.89.